The molecule has 0 saturated carbocycles. The van der Waals surface area contributed by atoms with Crippen LogP contribution in [0.2, 0.25) is 5.02 Å². The van der Waals surface area contributed by atoms with Crippen LogP contribution in [-0.2, 0) is 11.3 Å². The molecule has 0 aromatic carbocycles. The Labute approximate surface area is 163 Å². The van der Waals surface area contributed by atoms with E-state index in [2.05, 4.69) is 14.8 Å². The fourth-order valence-corrected chi connectivity index (χ4v) is 3.50. The van der Waals surface area contributed by atoms with Crippen molar-refractivity contribution in [3.8, 4) is 0 Å². The number of primary amides is 1. The van der Waals surface area contributed by atoms with Gasteiger partial charge in [0.05, 0.1) is 17.3 Å². The second-order valence-corrected chi connectivity index (χ2v) is 6.72. The van der Waals surface area contributed by atoms with Crippen molar-refractivity contribution in [1.82, 2.24) is 24.1 Å². The Morgan fingerprint density at radius 3 is 2.82 bits per heavy atom. The van der Waals surface area contributed by atoms with Crippen LogP contribution in [0.5, 0.6) is 0 Å². The van der Waals surface area contributed by atoms with Gasteiger partial charge >= 0.3 is 12.1 Å². The first kappa shape index (κ1) is 18.0. The lowest BCUT2D eigenvalue weighted by molar-refractivity contribution is 0.0604. The minimum Gasteiger partial charge on any atom is -0.372 e. The van der Waals surface area contributed by atoms with Gasteiger partial charge in [-0.05, 0) is 19.1 Å². The summed E-state index contributed by atoms with van der Waals surface area (Å²) in [7, 11) is 0. The number of carbonyl (C=O) groups is 3. The van der Waals surface area contributed by atoms with Gasteiger partial charge in [-0.25, -0.2) is 19.1 Å². The number of hydrogen-bond acceptors (Lipinski definition) is 6. The minimum absolute atomic E-state index is 0.208. The van der Waals surface area contributed by atoms with Crippen LogP contribution < -0.4 is 5.73 Å². The predicted octanol–water partition coefficient (Wildman–Crippen LogP) is 1.64. The quantitative estimate of drug-likeness (QED) is 0.513. The minimum atomic E-state index is -1.17. The highest BCUT2D eigenvalue weighted by Crippen LogP contribution is 2.29. The second kappa shape index (κ2) is 6.64. The highest BCUT2D eigenvalue weighted by atomic mass is 35.5. The highest BCUT2D eigenvalue weighted by molar-refractivity contribution is 6.30. The Hall–Kier alpha value is -3.40. The first-order valence-corrected chi connectivity index (χ1v) is 8.76. The second-order valence-electron chi connectivity index (χ2n) is 6.28. The van der Waals surface area contributed by atoms with Gasteiger partial charge in [0.2, 0.25) is 0 Å². The van der Waals surface area contributed by atoms with Crippen molar-refractivity contribution < 1.29 is 19.1 Å². The summed E-state index contributed by atoms with van der Waals surface area (Å²) in [4.78, 5) is 41.6. The van der Waals surface area contributed by atoms with E-state index in [-0.39, 0.29) is 23.3 Å². The van der Waals surface area contributed by atoms with Crippen molar-refractivity contribution in [2.24, 2.45) is 5.73 Å². The van der Waals surface area contributed by atoms with E-state index in [1.165, 1.54) is 10.7 Å². The van der Waals surface area contributed by atoms with E-state index in [1.807, 2.05) is 6.92 Å². The molecule has 2 amide bonds. The van der Waals surface area contributed by atoms with E-state index in [1.54, 1.807) is 33.9 Å². The zero-order chi connectivity index (χ0) is 20.0. The summed E-state index contributed by atoms with van der Waals surface area (Å²) in [6, 6.07) is 4.53. The molecule has 0 bridgehead atoms. The van der Waals surface area contributed by atoms with Gasteiger partial charge in [0.15, 0.2) is 11.3 Å². The number of nitrogens with two attached hydrogens (primary N) is 1. The van der Waals surface area contributed by atoms with Crippen LogP contribution in [0.3, 0.4) is 0 Å². The summed E-state index contributed by atoms with van der Waals surface area (Å²) in [5, 5.41) is 4.66. The number of hydrogen-bond donors (Lipinski definition) is 1. The van der Waals surface area contributed by atoms with Gasteiger partial charge in [-0.2, -0.15) is 5.10 Å². The zero-order valence-corrected chi connectivity index (χ0v) is 15.5. The van der Waals surface area contributed by atoms with E-state index in [9.17, 15) is 14.4 Å². The van der Waals surface area contributed by atoms with E-state index >= 15 is 0 Å². The number of fused-ring (bicyclic) bond motifs is 2. The van der Waals surface area contributed by atoms with Crippen LogP contribution in [0.4, 0.5) is 4.79 Å². The molecule has 1 unspecified atom stereocenters. The Bertz CT molecular complexity index is 1120. The Balaban J connectivity index is 1.61. The number of rotatable bonds is 2. The normalized spacial score (nSPS) is 16.1. The summed E-state index contributed by atoms with van der Waals surface area (Å²) in [5.74, 6) is -1.09. The van der Waals surface area contributed by atoms with Gasteiger partial charge in [-0.3, -0.25) is 4.79 Å². The average Bonchev–Trinajstić information content (AvgIpc) is 3.25. The summed E-state index contributed by atoms with van der Waals surface area (Å²) in [6.45, 7) is 2.55. The molecule has 1 aliphatic rings. The lowest BCUT2D eigenvalue weighted by atomic mass is 10.1. The molecule has 144 valence electrons. The van der Waals surface area contributed by atoms with Crippen molar-refractivity contribution >= 4 is 35.2 Å². The van der Waals surface area contributed by atoms with Crippen molar-refractivity contribution in [2.75, 3.05) is 6.54 Å². The summed E-state index contributed by atoms with van der Waals surface area (Å²) < 4.78 is 7.61. The molecule has 0 radical (unpaired) electrons. The van der Waals surface area contributed by atoms with Crippen LogP contribution >= 0.6 is 11.6 Å². The molecule has 2 N–H and O–H groups in total. The molecule has 10 nitrogen and oxygen atoms in total. The first-order chi connectivity index (χ1) is 13.3. The maximum absolute atomic E-state index is 13.0. The lowest BCUT2D eigenvalue weighted by Crippen LogP contribution is -2.41. The number of nitrogens with zero attached hydrogens (tertiary/aromatic N) is 5. The van der Waals surface area contributed by atoms with E-state index in [0.717, 1.165) is 5.69 Å². The molecule has 3 aromatic rings. The summed E-state index contributed by atoms with van der Waals surface area (Å²) in [5.41, 5.74) is 6.61. The number of aromatic nitrogens is 4. The van der Waals surface area contributed by atoms with Crippen molar-refractivity contribution in [2.45, 2.75) is 19.5 Å². The molecule has 3 aromatic heterocycles. The van der Waals surface area contributed by atoms with Gasteiger partial charge in [0.1, 0.15) is 5.69 Å². The Morgan fingerprint density at radius 1 is 1.29 bits per heavy atom. The van der Waals surface area contributed by atoms with Gasteiger partial charge in [0.25, 0.3) is 5.91 Å². The van der Waals surface area contributed by atoms with Gasteiger partial charge in [0, 0.05) is 31.0 Å². The fraction of sp³-hybridized carbons (Fsp3) is 0.235. The number of ether oxygens (including phenoxy) is 1. The molecule has 4 rings (SSSR count). The highest BCUT2D eigenvalue weighted by Gasteiger charge is 2.32. The van der Waals surface area contributed by atoms with Crippen molar-refractivity contribution in [3.05, 3.63) is 52.7 Å². The first-order valence-electron chi connectivity index (χ1n) is 8.38. The third kappa shape index (κ3) is 2.97. The number of carbonyl (C=O) groups excluding carboxylic acids is 3. The van der Waals surface area contributed by atoms with E-state index < -0.39 is 12.1 Å². The van der Waals surface area contributed by atoms with Gasteiger partial charge in [-0.1, -0.05) is 11.6 Å². The molecule has 4 heterocycles. The standard InChI is InChI=1S/C17H15ClN6O4/c1-9-12-2-3-13(16(26)28-17(19)27)23(12)5-4-22(9)15(25)11-6-14-20-7-10(18)8-24(14)21-11/h2-3,6-9H,4-5H2,1H3,(H2,19,27). The molecule has 0 spiro atoms. The smallest absolute Gasteiger partial charge is 0.372 e. The van der Waals surface area contributed by atoms with Crippen LogP contribution in [0.15, 0.2) is 30.6 Å². The van der Waals surface area contributed by atoms with Crippen LogP contribution in [-0.4, -0.2) is 48.6 Å². The lowest BCUT2D eigenvalue weighted by Gasteiger charge is -2.34. The molecule has 28 heavy (non-hydrogen) atoms. The third-order valence-corrected chi connectivity index (χ3v) is 4.83. The molecule has 1 atom stereocenters. The van der Waals surface area contributed by atoms with Gasteiger partial charge in [-0.15, -0.1) is 0 Å². The van der Waals surface area contributed by atoms with Crippen LogP contribution in [0.25, 0.3) is 5.65 Å². The topological polar surface area (TPSA) is 125 Å². The molecule has 1 aliphatic heterocycles. The third-order valence-electron chi connectivity index (χ3n) is 4.64. The molecule has 0 fully saturated rings. The van der Waals surface area contributed by atoms with Gasteiger partial charge < -0.3 is 19.9 Å². The van der Waals surface area contributed by atoms with E-state index in [4.69, 9.17) is 17.3 Å². The zero-order valence-electron chi connectivity index (χ0n) is 14.7. The summed E-state index contributed by atoms with van der Waals surface area (Å²) >= 11 is 5.91. The molecule has 0 saturated heterocycles. The molecule has 11 heteroatoms. The molecule has 0 aliphatic carbocycles. The van der Waals surface area contributed by atoms with Crippen LogP contribution in [0, 0.1) is 0 Å². The number of halogens is 1. The SMILES string of the molecule is CC1c2ccc(C(=O)OC(N)=O)n2CCN1C(=O)c1cc2ncc(Cl)cn2n1. The number of amides is 2. The molecular weight excluding hydrogens is 388 g/mol. The Kier molecular flexibility index (Phi) is 4.27. The maximum Gasteiger partial charge on any atom is 0.412 e. The Morgan fingerprint density at radius 2 is 2.07 bits per heavy atom. The molecular formula is C17H15ClN6O4. The number of esters is 1. The van der Waals surface area contributed by atoms with Crippen molar-refractivity contribution in [1.29, 1.82) is 0 Å². The maximum atomic E-state index is 13.0. The largest absolute Gasteiger partial charge is 0.412 e. The fourth-order valence-electron chi connectivity index (χ4n) is 3.36. The summed E-state index contributed by atoms with van der Waals surface area (Å²) in [6.07, 6.45) is 1.89. The van der Waals surface area contributed by atoms with Crippen LogP contribution in [0.1, 0.15) is 39.6 Å². The average molecular weight is 403 g/mol. The predicted molar refractivity (Wildman–Crippen MR) is 96.9 cm³/mol. The monoisotopic (exact) mass is 402 g/mol. The van der Waals surface area contributed by atoms with Crippen molar-refractivity contribution in [3.63, 3.8) is 0 Å². The van der Waals surface area contributed by atoms with E-state index in [0.29, 0.717) is 23.8 Å².